The number of fused-ring (bicyclic) bond motifs is 1. The summed E-state index contributed by atoms with van der Waals surface area (Å²) in [5.41, 5.74) is 8.54. The maximum atomic E-state index is 9.70. The molecule has 0 spiro atoms. The van der Waals surface area contributed by atoms with Crippen LogP contribution in [0.3, 0.4) is 0 Å². The second kappa shape index (κ2) is 3.44. The van der Waals surface area contributed by atoms with Gasteiger partial charge in [-0.1, -0.05) is 12.1 Å². The van der Waals surface area contributed by atoms with E-state index in [2.05, 4.69) is 4.98 Å². The van der Waals surface area contributed by atoms with Gasteiger partial charge in [-0.3, -0.25) is 0 Å². The van der Waals surface area contributed by atoms with Gasteiger partial charge in [0.2, 0.25) is 0 Å². The highest BCUT2D eigenvalue weighted by Crippen LogP contribution is 2.26. The molecule has 1 unspecified atom stereocenters. The van der Waals surface area contributed by atoms with E-state index in [9.17, 15) is 5.11 Å². The molecule has 2 rings (SSSR count). The van der Waals surface area contributed by atoms with Gasteiger partial charge in [0, 0.05) is 29.2 Å². The van der Waals surface area contributed by atoms with Gasteiger partial charge < -0.3 is 15.8 Å². The van der Waals surface area contributed by atoms with E-state index in [4.69, 9.17) is 5.73 Å². The van der Waals surface area contributed by atoms with Crippen molar-refractivity contribution in [3.05, 3.63) is 35.5 Å². The minimum absolute atomic E-state index is 0.251. The number of aryl methyl sites for hydroxylation is 1. The summed E-state index contributed by atoms with van der Waals surface area (Å²) in [5.74, 6) is 0. The Morgan fingerprint density at radius 3 is 3.00 bits per heavy atom. The van der Waals surface area contributed by atoms with E-state index in [0.717, 1.165) is 22.0 Å². The number of hydrogen-bond acceptors (Lipinski definition) is 2. The third kappa shape index (κ3) is 1.31. The van der Waals surface area contributed by atoms with Crippen LogP contribution < -0.4 is 5.73 Å². The van der Waals surface area contributed by atoms with Gasteiger partial charge >= 0.3 is 0 Å². The number of aromatic nitrogens is 1. The highest BCUT2D eigenvalue weighted by molar-refractivity contribution is 5.86. The summed E-state index contributed by atoms with van der Waals surface area (Å²) >= 11 is 0. The van der Waals surface area contributed by atoms with Gasteiger partial charge in [0.1, 0.15) is 0 Å². The van der Waals surface area contributed by atoms with Gasteiger partial charge in [-0.25, -0.2) is 0 Å². The smallest absolute Gasteiger partial charge is 0.0932 e. The number of nitrogens with two attached hydrogens (primary N) is 1. The Morgan fingerprint density at radius 2 is 2.29 bits per heavy atom. The number of aliphatic hydroxyl groups is 1. The van der Waals surface area contributed by atoms with Crippen molar-refractivity contribution in [1.82, 2.24) is 4.98 Å². The molecule has 0 radical (unpaired) electrons. The minimum Gasteiger partial charge on any atom is -0.387 e. The number of benzene rings is 1. The van der Waals surface area contributed by atoms with Crippen LogP contribution in [0.15, 0.2) is 24.4 Å². The first-order chi connectivity index (χ1) is 6.74. The summed E-state index contributed by atoms with van der Waals surface area (Å²) in [6.45, 7) is 2.28. The number of hydrogen-bond donors (Lipinski definition) is 3. The lowest BCUT2D eigenvalue weighted by Gasteiger charge is -2.07. The van der Waals surface area contributed by atoms with E-state index in [1.807, 2.05) is 31.3 Å². The Kier molecular flexibility index (Phi) is 2.27. The zero-order chi connectivity index (χ0) is 10.1. The first-order valence-electron chi connectivity index (χ1n) is 4.68. The number of rotatable bonds is 2. The van der Waals surface area contributed by atoms with E-state index >= 15 is 0 Å². The fraction of sp³-hybridized carbons (Fsp3) is 0.273. The first-order valence-corrected chi connectivity index (χ1v) is 4.68. The van der Waals surface area contributed by atoms with Crippen LogP contribution in [0.5, 0.6) is 0 Å². The van der Waals surface area contributed by atoms with E-state index in [-0.39, 0.29) is 6.54 Å². The number of nitrogens with one attached hydrogen (secondary N) is 1. The zero-order valence-corrected chi connectivity index (χ0v) is 8.12. The molecule has 74 valence electrons. The predicted molar refractivity (Wildman–Crippen MR) is 57.0 cm³/mol. The largest absolute Gasteiger partial charge is 0.387 e. The Labute approximate surface area is 82.6 Å². The van der Waals surface area contributed by atoms with Crippen LogP contribution in [0.1, 0.15) is 17.2 Å². The standard InChI is InChI=1S/C11H14N2O/c1-7-3-2-4-9-11(7)8(6-13-9)10(14)5-12/h2-4,6,10,13-14H,5,12H2,1H3. The second-order valence-corrected chi connectivity index (χ2v) is 3.49. The molecule has 0 saturated carbocycles. The fourth-order valence-electron chi connectivity index (χ4n) is 1.79. The van der Waals surface area contributed by atoms with Crippen molar-refractivity contribution in [1.29, 1.82) is 0 Å². The maximum Gasteiger partial charge on any atom is 0.0932 e. The van der Waals surface area contributed by atoms with Gasteiger partial charge in [0.25, 0.3) is 0 Å². The van der Waals surface area contributed by atoms with Gasteiger partial charge in [-0.05, 0) is 18.6 Å². The molecule has 0 aliphatic rings. The zero-order valence-electron chi connectivity index (χ0n) is 8.12. The quantitative estimate of drug-likeness (QED) is 0.671. The maximum absolute atomic E-state index is 9.70. The monoisotopic (exact) mass is 190 g/mol. The summed E-state index contributed by atoms with van der Waals surface area (Å²) in [6.07, 6.45) is 1.25. The Balaban J connectivity index is 2.67. The molecule has 0 aliphatic heterocycles. The summed E-state index contributed by atoms with van der Waals surface area (Å²) < 4.78 is 0. The van der Waals surface area contributed by atoms with Crippen molar-refractivity contribution in [3.8, 4) is 0 Å². The van der Waals surface area contributed by atoms with Gasteiger partial charge in [-0.15, -0.1) is 0 Å². The average Bonchev–Trinajstić information content (AvgIpc) is 2.62. The van der Waals surface area contributed by atoms with E-state index in [0.29, 0.717) is 0 Å². The molecule has 2 aromatic rings. The van der Waals surface area contributed by atoms with Crippen LogP contribution in [0.25, 0.3) is 10.9 Å². The molecular formula is C11H14N2O. The highest BCUT2D eigenvalue weighted by Gasteiger charge is 2.12. The summed E-state index contributed by atoms with van der Waals surface area (Å²) in [5, 5.41) is 10.8. The molecule has 0 saturated heterocycles. The third-order valence-electron chi connectivity index (χ3n) is 2.53. The minimum atomic E-state index is -0.579. The fourth-order valence-corrected chi connectivity index (χ4v) is 1.79. The van der Waals surface area contributed by atoms with Crippen molar-refractivity contribution in [3.63, 3.8) is 0 Å². The van der Waals surface area contributed by atoms with Crippen LogP contribution in [-0.2, 0) is 0 Å². The van der Waals surface area contributed by atoms with Crippen molar-refractivity contribution in [2.75, 3.05) is 6.54 Å². The van der Waals surface area contributed by atoms with Crippen LogP contribution in [0, 0.1) is 6.92 Å². The normalized spacial score (nSPS) is 13.4. The molecule has 0 amide bonds. The van der Waals surface area contributed by atoms with Gasteiger partial charge in [0.15, 0.2) is 0 Å². The highest BCUT2D eigenvalue weighted by atomic mass is 16.3. The van der Waals surface area contributed by atoms with Crippen molar-refractivity contribution < 1.29 is 5.11 Å². The topological polar surface area (TPSA) is 62.0 Å². The molecule has 0 bridgehead atoms. The molecule has 1 aromatic heterocycles. The van der Waals surface area contributed by atoms with E-state index in [1.54, 1.807) is 0 Å². The van der Waals surface area contributed by atoms with Crippen molar-refractivity contribution in [2.45, 2.75) is 13.0 Å². The van der Waals surface area contributed by atoms with E-state index < -0.39 is 6.10 Å². The molecule has 14 heavy (non-hydrogen) atoms. The van der Waals surface area contributed by atoms with Crippen LogP contribution in [0.2, 0.25) is 0 Å². The molecule has 4 N–H and O–H groups in total. The van der Waals surface area contributed by atoms with Gasteiger partial charge in [0.05, 0.1) is 6.10 Å². The first kappa shape index (κ1) is 9.24. The Morgan fingerprint density at radius 1 is 1.50 bits per heavy atom. The molecule has 1 atom stereocenters. The average molecular weight is 190 g/mol. The van der Waals surface area contributed by atoms with Crippen LogP contribution >= 0.6 is 0 Å². The summed E-state index contributed by atoms with van der Waals surface area (Å²) in [6, 6.07) is 6.02. The number of aromatic amines is 1. The van der Waals surface area contributed by atoms with E-state index in [1.165, 1.54) is 0 Å². The molecule has 0 fully saturated rings. The summed E-state index contributed by atoms with van der Waals surface area (Å²) in [4.78, 5) is 3.13. The molecule has 1 aromatic carbocycles. The lowest BCUT2D eigenvalue weighted by molar-refractivity contribution is 0.188. The Bertz CT molecular complexity index is 447. The van der Waals surface area contributed by atoms with Crippen molar-refractivity contribution >= 4 is 10.9 Å². The second-order valence-electron chi connectivity index (χ2n) is 3.49. The lowest BCUT2D eigenvalue weighted by atomic mass is 10.0. The van der Waals surface area contributed by atoms with Gasteiger partial charge in [-0.2, -0.15) is 0 Å². The predicted octanol–water partition coefficient (Wildman–Crippen LogP) is 1.47. The molecule has 3 nitrogen and oxygen atoms in total. The molecule has 3 heteroatoms. The van der Waals surface area contributed by atoms with Crippen LogP contribution in [-0.4, -0.2) is 16.6 Å². The molecule has 0 aliphatic carbocycles. The number of aliphatic hydroxyl groups excluding tert-OH is 1. The number of H-pyrrole nitrogens is 1. The molecule has 1 heterocycles. The SMILES string of the molecule is Cc1cccc2[nH]cc(C(O)CN)c12. The Hall–Kier alpha value is -1.32. The lowest BCUT2D eigenvalue weighted by Crippen LogP contribution is -2.11. The molecular weight excluding hydrogens is 176 g/mol. The van der Waals surface area contributed by atoms with Crippen LogP contribution in [0.4, 0.5) is 0 Å². The third-order valence-corrected chi connectivity index (χ3v) is 2.53. The van der Waals surface area contributed by atoms with Crippen molar-refractivity contribution in [2.24, 2.45) is 5.73 Å². The summed E-state index contributed by atoms with van der Waals surface area (Å²) in [7, 11) is 0.